The number of rotatable bonds is 6. The van der Waals surface area contributed by atoms with E-state index >= 15 is 0 Å². The highest BCUT2D eigenvalue weighted by atomic mass is 19.2. The van der Waals surface area contributed by atoms with Crippen LogP contribution in [0.4, 0.5) is 8.78 Å². The largest absolute Gasteiger partial charge is 0.493 e. The molecule has 0 atom stereocenters. The first kappa shape index (κ1) is 15.0. The molecule has 0 heterocycles. The van der Waals surface area contributed by atoms with Crippen LogP contribution in [0.15, 0.2) is 48.5 Å². The Kier molecular flexibility index (Phi) is 5.26. The molecular formula is C16H15F2NO2. The van der Waals surface area contributed by atoms with E-state index in [-0.39, 0.29) is 25.5 Å². The Morgan fingerprint density at radius 3 is 2.52 bits per heavy atom. The molecule has 3 nitrogen and oxygen atoms in total. The average Bonchev–Trinajstić information content (AvgIpc) is 2.49. The van der Waals surface area contributed by atoms with Gasteiger partial charge < -0.3 is 10.1 Å². The molecule has 0 aliphatic carbocycles. The first-order valence-corrected chi connectivity index (χ1v) is 6.53. The summed E-state index contributed by atoms with van der Waals surface area (Å²) in [6.45, 7) is 0.412. The van der Waals surface area contributed by atoms with E-state index in [4.69, 9.17) is 4.74 Å². The minimum Gasteiger partial charge on any atom is -0.493 e. The van der Waals surface area contributed by atoms with Crippen LogP contribution in [0.25, 0.3) is 0 Å². The fourth-order valence-electron chi connectivity index (χ4n) is 1.72. The third-order valence-electron chi connectivity index (χ3n) is 2.81. The summed E-state index contributed by atoms with van der Waals surface area (Å²) in [5.74, 6) is -1.34. The summed E-state index contributed by atoms with van der Waals surface area (Å²) in [6.07, 6.45) is 0.193. The molecule has 0 spiro atoms. The van der Waals surface area contributed by atoms with Crippen molar-refractivity contribution < 1.29 is 18.3 Å². The summed E-state index contributed by atoms with van der Waals surface area (Å²) in [4.78, 5) is 11.6. The predicted octanol–water partition coefficient (Wildman–Crippen LogP) is 3.05. The fourth-order valence-corrected chi connectivity index (χ4v) is 1.72. The summed E-state index contributed by atoms with van der Waals surface area (Å²) in [5.41, 5.74) is 0.506. The van der Waals surface area contributed by atoms with Gasteiger partial charge in [-0.15, -0.1) is 0 Å². The van der Waals surface area contributed by atoms with Crippen molar-refractivity contribution in [2.24, 2.45) is 0 Å². The Balaban J connectivity index is 1.71. The van der Waals surface area contributed by atoms with Gasteiger partial charge in [-0.3, -0.25) is 4.79 Å². The molecule has 2 rings (SSSR count). The number of carbonyl (C=O) groups excluding carboxylic acids is 1. The second kappa shape index (κ2) is 7.38. The van der Waals surface area contributed by atoms with Crippen molar-refractivity contribution in [2.45, 2.75) is 13.0 Å². The SMILES string of the molecule is O=C(CCOc1ccccc1)NCc1ccc(F)c(F)c1. The molecule has 110 valence electrons. The number of benzene rings is 2. The molecule has 0 aliphatic rings. The molecular weight excluding hydrogens is 276 g/mol. The van der Waals surface area contributed by atoms with Crippen LogP contribution in [0.5, 0.6) is 5.75 Å². The van der Waals surface area contributed by atoms with E-state index < -0.39 is 11.6 Å². The fraction of sp³-hybridized carbons (Fsp3) is 0.188. The molecule has 0 unspecified atom stereocenters. The Bertz CT molecular complexity index is 602. The van der Waals surface area contributed by atoms with Crippen LogP contribution in [0.2, 0.25) is 0 Å². The average molecular weight is 291 g/mol. The third kappa shape index (κ3) is 4.87. The molecule has 2 aromatic rings. The van der Waals surface area contributed by atoms with Gasteiger partial charge in [0.05, 0.1) is 13.0 Å². The quantitative estimate of drug-likeness (QED) is 0.888. The zero-order valence-corrected chi connectivity index (χ0v) is 11.3. The van der Waals surface area contributed by atoms with E-state index in [2.05, 4.69) is 5.32 Å². The molecule has 0 fully saturated rings. The molecule has 0 aromatic heterocycles. The maximum atomic E-state index is 13.0. The van der Waals surface area contributed by atoms with Crippen molar-refractivity contribution in [1.29, 1.82) is 0 Å². The van der Waals surface area contributed by atoms with Crippen molar-refractivity contribution in [3.05, 3.63) is 65.7 Å². The summed E-state index contributed by atoms with van der Waals surface area (Å²) >= 11 is 0. The summed E-state index contributed by atoms with van der Waals surface area (Å²) in [7, 11) is 0. The van der Waals surface area contributed by atoms with Gasteiger partial charge in [0, 0.05) is 6.54 Å². The van der Waals surface area contributed by atoms with Crippen molar-refractivity contribution in [3.63, 3.8) is 0 Å². The molecule has 0 saturated carbocycles. The lowest BCUT2D eigenvalue weighted by atomic mass is 10.2. The van der Waals surface area contributed by atoms with Crippen LogP contribution in [0.3, 0.4) is 0 Å². The highest BCUT2D eigenvalue weighted by Gasteiger charge is 2.05. The van der Waals surface area contributed by atoms with Crippen molar-refractivity contribution in [3.8, 4) is 5.75 Å². The highest BCUT2D eigenvalue weighted by molar-refractivity contribution is 5.75. The van der Waals surface area contributed by atoms with Crippen LogP contribution in [-0.4, -0.2) is 12.5 Å². The van der Waals surface area contributed by atoms with Crippen molar-refractivity contribution >= 4 is 5.91 Å². The van der Waals surface area contributed by atoms with E-state index in [0.717, 1.165) is 12.1 Å². The Morgan fingerprint density at radius 1 is 1.05 bits per heavy atom. The van der Waals surface area contributed by atoms with E-state index in [1.54, 1.807) is 12.1 Å². The number of ether oxygens (including phenoxy) is 1. The van der Waals surface area contributed by atoms with E-state index in [0.29, 0.717) is 11.3 Å². The Morgan fingerprint density at radius 2 is 1.81 bits per heavy atom. The van der Waals surface area contributed by atoms with Crippen LogP contribution in [-0.2, 0) is 11.3 Å². The number of para-hydroxylation sites is 1. The van der Waals surface area contributed by atoms with Crippen LogP contribution in [0.1, 0.15) is 12.0 Å². The number of amides is 1. The van der Waals surface area contributed by atoms with E-state index in [9.17, 15) is 13.6 Å². The van der Waals surface area contributed by atoms with Crippen LogP contribution < -0.4 is 10.1 Å². The molecule has 1 N–H and O–H groups in total. The number of halogens is 2. The maximum absolute atomic E-state index is 13.0. The van der Waals surface area contributed by atoms with Gasteiger partial charge in [0.2, 0.25) is 5.91 Å². The van der Waals surface area contributed by atoms with Gasteiger partial charge in [0.25, 0.3) is 0 Å². The zero-order chi connectivity index (χ0) is 15.1. The minimum absolute atomic E-state index is 0.154. The number of carbonyl (C=O) groups is 1. The summed E-state index contributed by atoms with van der Waals surface area (Å²) in [5, 5.41) is 2.62. The van der Waals surface area contributed by atoms with Crippen LogP contribution >= 0.6 is 0 Å². The summed E-state index contributed by atoms with van der Waals surface area (Å²) in [6, 6.07) is 12.7. The maximum Gasteiger partial charge on any atom is 0.223 e. The molecule has 5 heteroatoms. The lowest BCUT2D eigenvalue weighted by Gasteiger charge is -2.07. The molecule has 0 saturated heterocycles. The van der Waals surface area contributed by atoms with E-state index in [1.807, 2.05) is 18.2 Å². The van der Waals surface area contributed by atoms with Gasteiger partial charge in [-0.05, 0) is 29.8 Å². The van der Waals surface area contributed by atoms with Gasteiger partial charge in [-0.1, -0.05) is 24.3 Å². The monoisotopic (exact) mass is 291 g/mol. The van der Waals surface area contributed by atoms with Gasteiger partial charge in [0.15, 0.2) is 11.6 Å². The first-order valence-electron chi connectivity index (χ1n) is 6.53. The highest BCUT2D eigenvalue weighted by Crippen LogP contribution is 2.09. The zero-order valence-electron chi connectivity index (χ0n) is 11.3. The number of hydrogen-bond donors (Lipinski definition) is 1. The lowest BCUT2D eigenvalue weighted by molar-refractivity contribution is -0.121. The standard InChI is InChI=1S/C16H15F2NO2/c17-14-7-6-12(10-15(14)18)11-19-16(20)8-9-21-13-4-2-1-3-5-13/h1-7,10H,8-9,11H2,(H,19,20). The predicted molar refractivity (Wildman–Crippen MR) is 74.8 cm³/mol. The number of hydrogen-bond acceptors (Lipinski definition) is 2. The molecule has 0 bridgehead atoms. The second-order valence-electron chi connectivity index (χ2n) is 4.44. The lowest BCUT2D eigenvalue weighted by Crippen LogP contribution is -2.24. The van der Waals surface area contributed by atoms with Crippen LogP contribution in [0, 0.1) is 11.6 Å². The number of nitrogens with one attached hydrogen (secondary N) is 1. The topological polar surface area (TPSA) is 38.3 Å². The van der Waals surface area contributed by atoms with Gasteiger partial charge in [-0.25, -0.2) is 8.78 Å². The molecule has 21 heavy (non-hydrogen) atoms. The minimum atomic E-state index is -0.922. The van der Waals surface area contributed by atoms with E-state index in [1.165, 1.54) is 6.07 Å². The van der Waals surface area contributed by atoms with Crippen molar-refractivity contribution in [2.75, 3.05) is 6.61 Å². The molecule has 1 amide bonds. The Hall–Kier alpha value is -2.43. The third-order valence-corrected chi connectivity index (χ3v) is 2.81. The molecule has 2 aromatic carbocycles. The smallest absolute Gasteiger partial charge is 0.223 e. The second-order valence-corrected chi connectivity index (χ2v) is 4.44. The first-order chi connectivity index (χ1) is 10.1. The molecule has 0 radical (unpaired) electrons. The van der Waals surface area contributed by atoms with Gasteiger partial charge in [0.1, 0.15) is 5.75 Å². The Labute approximate surface area is 121 Å². The van der Waals surface area contributed by atoms with Gasteiger partial charge in [-0.2, -0.15) is 0 Å². The van der Waals surface area contributed by atoms with Crippen molar-refractivity contribution in [1.82, 2.24) is 5.32 Å². The van der Waals surface area contributed by atoms with Gasteiger partial charge >= 0.3 is 0 Å². The summed E-state index contributed by atoms with van der Waals surface area (Å²) < 4.78 is 31.1. The molecule has 0 aliphatic heterocycles. The normalized spacial score (nSPS) is 10.2.